The van der Waals surface area contributed by atoms with Crippen molar-refractivity contribution in [2.75, 3.05) is 20.2 Å². The van der Waals surface area contributed by atoms with E-state index in [-0.39, 0.29) is 12.0 Å². The van der Waals surface area contributed by atoms with Gasteiger partial charge in [-0.25, -0.2) is 4.98 Å². The largest absolute Gasteiger partial charge is 0.468 e. The summed E-state index contributed by atoms with van der Waals surface area (Å²) in [6, 6.07) is -0.0477. The summed E-state index contributed by atoms with van der Waals surface area (Å²) in [7, 11) is 1.45. The molecule has 1 aliphatic heterocycles. The molecule has 5 heteroatoms. The summed E-state index contributed by atoms with van der Waals surface area (Å²) in [5, 5.41) is 0. The van der Waals surface area contributed by atoms with E-state index in [0.717, 1.165) is 32.5 Å². The minimum Gasteiger partial charge on any atom is -0.468 e. The highest BCUT2D eigenvalue weighted by molar-refractivity contribution is 5.75. The van der Waals surface area contributed by atoms with Gasteiger partial charge in [0.05, 0.1) is 13.4 Å². The Morgan fingerprint density at radius 3 is 3.12 bits per heavy atom. The predicted molar refractivity (Wildman–Crippen MR) is 58.8 cm³/mol. The van der Waals surface area contributed by atoms with Crippen LogP contribution in [0.2, 0.25) is 0 Å². The average Bonchev–Trinajstić information content (AvgIpc) is 2.96. The Balaban J connectivity index is 1.86. The molecule has 16 heavy (non-hydrogen) atoms. The molecule has 0 aromatic carbocycles. The van der Waals surface area contributed by atoms with Crippen LogP contribution >= 0.6 is 0 Å². The second-order valence-electron chi connectivity index (χ2n) is 4.02. The van der Waals surface area contributed by atoms with Crippen LogP contribution in [0.1, 0.15) is 12.8 Å². The van der Waals surface area contributed by atoms with Gasteiger partial charge in [-0.1, -0.05) is 0 Å². The fraction of sp³-hybridized carbons (Fsp3) is 0.636. The molecule has 0 N–H and O–H groups in total. The highest BCUT2D eigenvalue weighted by atomic mass is 16.5. The van der Waals surface area contributed by atoms with Gasteiger partial charge in [0.1, 0.15) is 6.04 Å². The molecule has 1 unspecified atom stereocenters. The van der Waals surface area contributed by atoms with Crippen molar-refractivity contribution in [3.8, 4) is 0 Å². The molecule has 0 spiro atoms. The van der Waals surface area contributed by atoms with Crippen LogP contribution in [0.3, 0.4) is 0 Å². The predicted octanol–water partition coefficient (Wildman–Crippen LogP) is 0.520. The van der Waals surface area contributed by atoms with E-state index < -0.39 is 0 Å². The lowest BCUT2D eigenvalue weighted by atomic mass is 10.2. The first-order chi connectivity index (χ1) is 7.81. The lowest BCUT2D eigenvalue weighted by Crippen LogP contribution is -2.38. The van der Waals surface area contributed by atoms with E-state index in [2.05, 4.69) is 9.88 Å². The van der Waals surface area contributed by atoms with Crippen molar-refractivity contribution in [3.63, 3.8) is 0 Å². The van der Waals surface area contributed by atoms with E-state index in [0.29, 0.717) is 0 Å². The van der Waals surface area contributed by atoms with E-state index in [1.54, 1.807) is 12.5 Å². The summed E-state index contributed by atoms with van der Waals surface area (Å²) in [5.74, 6) is -0.108. The van der Waals surface area contributed by atoms with Crippen molar-refractivity contribution in [1.29, 1.82) is 0 Å². The van der Waals surface area contributed by atoms with Crippen molar-refractivity contribution in [2.24, 2.45) is 0 Å². The van der Waals surface area contributed by atoms with Crippen molar-refractivity contribution in [2.45, 2.75) is 25.4 Å². The molecule has 1 saturated heterocycles. The molecule has 0 saturated carbocycles. The Kier molecular flexibility index (Phi) is 3.56. The van der Waals surface area contributed by atoms with E-state index in [9.17, 15) is 4.79 Å². The molecule has 1 aromatic rings. The van der Waals surface area contributed by atoms with Gasteiger partial charge in [-0.05, 0) is 19.4 Å². The van der Waals surface area contributed by atoms with Crippen LogP contribution in [0, 0.1) is 0 Å². The smallest absolute Gasteiger partial charge is 0.323 e. The third kappa shape index (κ3) is 2.41. The fourth-order valence-corrected chi connectivity index (χ4v) is 2.16. The Morgan fingerprint density at radius 2 is 2.44 bits per heavy atom. The van der Waals surface area contributed by atoms with Crippen molar-refractivity contribution in [1.82, 2.24) is 14.5 Å². The number of hydrogen-bond acceptors (Lipinski definition) is 4. The van der Waals surface area contributed by atoms with Crippen LogP contribution in [-0.4, -0.2) is 46.7 Å². The van der Waals surface area contributed by atoms with Crippen molar-refractivity contribution >= 4 is 5.97 Å². The van der Waals surface area contributed by atoms with Gasteiger partial charge in [0.15, 0.2) is 0 Å². The van der Waals surface area contributed by atoms with E-state index in [1.807, 2.05) is 10.8 Å². The Labute approximate surface area is 95.0 Å². The Hall–Kier alpha value is -1.36. The number of nitrogens with zero attached hydrogens (tertiary/aromatic N) is 3. The summed E-state index contributed by atoms with van der Waals surface area (Å²) < 4.78 is 6.82. The monoisotopic (exact) mass is 223 g/mol. The number of imidazole rings is 1. The van der Waals surface area contributed by atoms with Gasteiger partial charge < -0.3 is 9.30 Å². The molecule has 2 rings (SSSR count). The number of ether oxygens (including phenoxy) is 1. The first-order valence-corrected chi connectivity index (χ1v) is 5.59. The number of esters is 1. The highest BCUT2D eigenvalue weighted by Crippen LogP contribution is 2.17. The van der Waals surface area contributed by atoms with E-state index in [1.165, 1.54) is 7.11 Å². The van der Waals surface area contributed by atoms with Gasteiger partial charge in [-0.3, -0.25) is 9.69 Å². The maximum atomic E-state index is 11.5. The zero-order valence-corrected chi connectivity index (χ0v) is 9.50. The fourth-order valence-electron chi connectivity index (χ4n) is 2.16. The molecule has 88 valence electrons. The molecule has 1 aliphatic rings. The number of rotatable bonds is 4. The average molecular weight is 223 g/mol. The summed E-state index contributed by atoms with van der Waals surface area (Å²) >= 11 is 0. The van der Waals surface area contributed by atoms with Crippen molar-refractivity contribution < 1.29 is 9.53 Å². The van der Waals surface area contributed by atoms with Crippen LogP contribution in [0.15, 0.2) is 18.7 Å². The maximum Gasteiger partial charge on any atom is 0.323 e. The summed E-state index contributed by atoms with van der Waals surface area (Å²) in [6.07, 6.45) is 7.48. The molecule has 1 aromatic heterocycles. The molecule has 5 nitrogen and oxygen atoms in total. The van der Waals surface area contributed by atoms with E-state index >= 15 is 0 Å². The SMILES string of the molecule is COC(=O)C1CCCN1CCn1ccnc1. The number of likely N-dealkylation sites (tertiary alicyclic amines) is 1. The van der Waals surface area contributed by atoms with E-state index in [4.69, 9.17) is 4.74 Å². The number of carbonyl (C=O) groups is 1. The number of carbonyl (C=O) groups excluding carboxylic acids is 1. The van der Waals surface area contributed by atoms with Gasteiger partial charge in [-0.2, -0.15) is 0 Å². The minimum atomic E-state index is -0.108. The van der Waals surface area contributed by atoms with Gasteiger partial charge >= 0.3 is 5.97 Å². The Morgan fingerprint density at radius 1 is 1.56 bits per heavy atom. The Bertz CT molecular complexity index is 337. The molecule has 1 atom stereocenters. The summed E-state index contributed by atoms with van der Waals surface area (Å²) in [4.78, 5) is 17.7. The number of aromatic nitrogens is 2. The number of hydrogen-bond donors (Lipinski definition) is 0. The normalized spacial score (nSPS) is 21.2. The third-order valence-corrected chi connectivity index (χ3v) is 3.04. The second kappa shape index (κ2) is 5.12. The van der Waals surface area contributed by atoms with Crippen LogP contribution < -0.4 is 0 Å². The zero-order valence-electron chi connectivity index (χ0n) is 9.50. The summed E-state index contributed by atoms with van der Waals surface area (Å²) in [5.41, 5.74) is 0. The van der Waals surface area contributed by atoms with Gasteiger partial charge in [-0.15, -0.1) is 0 Å². The van der Waals surface area contributed by atoms with Crippen LogP contribution in [0.25, 0.3) is 0 Å². The molecule has 0 radical (unpaired) electrons. The lowest BCUT2D eigenvalue weighted by Gasteiger charge is -2.22. The summed E-state index contributed by atoms with van der Waals surface area (Å²) in [6.45, 7) is 2.72. The standard InChI is InChI=1S/C11H17N3O2/c1-16-11(15)10-3-2-5-14(10)8-7-13-6-4-12-9-13/h4,6,9-10H,2-3,5,7-8H2,1H3. The van der Waals surface area contributed by atoms with Crippen LogP contribution in [0.4, 0.5) is 0 Å². The maximum absolute atomic E-state index is 11.5. The topological polar surface area (TPSA) is 47.4 Å². The molecular weight excluding hydrogens is 206 g/mol. The second-order valence-corrected chi connectivity index (χ2v) is 4.02. The molecule has 0 amide bonds. The van der Waals surface area contributed by atoms with Crippen molar-refractivity contribution in [3.05, 3.63) is 18.7 Å². The molecule has 2 heterocycles. The van der Waals surface area contributed by atoms with Gasteiger partial charge in [0.25, 0.3) is 0 Å². The highest BCUT2D eigenvalue weighted by Gasteiger charge is 2.30. The quantitative estimate of drug-likeness (QED) is 0.698. The van der Waals surface area contributed by atoms with Gasteiger partial charge in [0.2, 0.25) is 0 Å². The molecule has 0 bridgehead atoms. The molecular formula is C11H17N3O2. The first kappa shape index (κ1) is 11.1. The minimum absolute atomic E-state index is 0.0477. The molecule has 0 aliphatic carbocycles. The molecule has 1 fully saturated rings. The number of methoxy groups -OCH3 is 1. The third-order valence-electron chi connectivity index (χ3n) is 3.04. The lowest BCUT2D eigenvalue weighted by molar-refractivity contribution is -0.145. The van der Waals surface area contributed by atoms with Crippen LogP contribution in [0.5, 0.6) is 0 Å². The van der Waals surface area contributed by atoms with Gasteiger partial charge in [0, 0.05) is 25.5 Å². The zero-order chi connectivity index (χ0) is 11.4. The first-order valence-electron chi connectivity index (χ1n) is 5.59. The van der Waals surface area contributed by atoms with Crippen LogP contribution in [-0.2, 0) is 16.1 Å².